The number of aryl methyl sites for hydroxylation is 1. The van der Waals surface area contributed by atoms with Crippen LogP contribution >= 0.6 is 0 Å². The Hall–Kier alpha value is -1.52. The molecule has 160 valence electrons. The van der Waals surface area contributed by atoms with Crippen LogP contribution in [0, 0.1) is 0 Å². The maximum absolute atomic E-state index is 12.1. The van der Waals surface area contributed by atoms with E-state index in [9.17, 15) is 4.79 Å². The van der Waals surface area contributed by atoms with Crippen molar-refractivity contribution in [2.45, 2.75) is 124 Å². The van der Waals surface area contributed by atoms with Gasteiger partial charge in [0.25, 0.3) is 0 Å². The molecule has 0 radical (unpaired) electrons. The van der Waals surface area contributed by atoms with Crippen LogP contribution in [-0.4, -0.2) is 21.3 Å². The van der Waals surface area contributed by atoms with Gasteiger partial charge >= 0.3 is 0 Å². The molecule has 0 aliphatic heterocycles. The first-order valence-electron chi connectivity index (χ1n) is 11.7. The summed E-state index contributed by atoms with van der Waals surface area (Å²) in [6, 6.07) is 0. The van der Waals surface area contributed by atoms with Gasteiger partial charge in [0.15, 0.2) is 5.82 Å². The van der Waals surface area contributed by atoms with E-state index >= 15 is 0 Å². The van der Waals surface area contributed by atoms with Crippen LogP contribution in [0.1, 0.15) is 122 Å². The molecule has 5 nitrogen and oxygen atoms in total. The molecule has 0 aliphatic rings. The summed E-state index contributed by atoms with van der Waals surface area (Å²) in [4.78, 5) is 12.1. The zero-order chi connectivity index (χ0) is 20.5. The van der Waals surface area contributed by atoms with Crippen LogP contribution in [0.3, 0.4) is 0 Å². The smallest absolute Gasteiger partial charge is 0.225 e. The Balaban J connectivity index is 2.66. The second kappa shape index (κ2) is 16.4. The summed E-state index contributed by atoms with van der Waals surface area (Å²) < 4.78 is 0. The van der Waals surface area contributed by atoms with Crippen molar-refractivity contribution in [3.8, 4) is 0 Å². The minimum atomic E-state index is 0.0257. The van der Waals surface area contributed by atoms with Crippen molar-refractivity contribution in [2.24, 2.45) is 0 Å². The minimum absolute atomic E-state index is 0.0257. The van der Waals surface area contributed by atoms with Gasteiger partial charge in [0.2, 0.25) is 5.91 Å². The molecule has 0 aromatic carbocycles. The molecular weight excluding hydrogens is 348 g/mol. The van der Waals surface area contributed by atoms with Gasteiger partial charge in [0.05, 0.1) is 5.69 Å². The summed E-state index contributed by atoms with van der Waals surface area (Å²) in [5, 5.41) is 15.4. The number of aromatic nitrogens is 3. The monoisotopic (exact) mass is 390 g/mol. The lowest BCUT2D eigenvalue weighted by molar-refractivity contribution is -0.116. The molecule has 0 spiro atoms. The molecular formula is C23H42N4O. The van der Waals surface area contributed by atoms with Crippen LogP contribution in [0.5, 0.6) is 0 Å². The topological polar surface area (TPSA) is 67.8 Å². The Bertz CT molecular complexity index is 533. The van der Waals surface area contributed by atoms with Crippen molar-refractivity contribution in [2.75, 3.05) is 5.32 Å². The second-order valence-corrected chi connectivity index (χ2v) is 7.90. The van der Waals surface area contributed by atoms with E-state index in [0.29, 0.717) is 12.2 Å². The highest BCUT2D eigenvalue weighted by molar-refractivity contribution is 5.90. The zero-order valence-electron chi connectivity index (χ0n) is 18.6. The summed E-state index contributed by atoms with van der Waals surface area (Å²) in [6.07, 6.45) is 18.3. The molecule has 1 N–H and O–H groups in total. The highest BCUT2D eigenvalue weighted by Gasteiger charge is 2.14. The molecule has 1 aromatic rings. The molecule has 1 rings (SSSR count). The van der Waals surface area contributed by atoms with E-state index in [0.717, 1.165) is 43.4 Å². The Kier molecular flexibility index (Phi) is 14.4. The van der Waals surface area contributed by atoms with Crippen molar-refractivity contribution in [1.29, 1.82) is 0 Å². The number of carbonyl (C=O) groups excluding carboxylic acids is 1. The molecule has 1 aromatic heterocycles. The van der Waals surface area contributed by atoms with Gasteiger partial charge in [-0.1, -0.05) is 85.0 Å². The molecule has 5 heteroatoms. The minimum Gasteiger partial charge on any atom is -0.309 e. The fourth-order valence-electron chi connectivity index (χ4n) is 3.52. The van der Waals surface area contributed by atoms with Crippen molar-refractivity contribution in [3.05, 3.63) is 11.3 Å². The fourth-order valence-corrected chi connectivity index (χ4v) is 3.52. The summed E-state index contributed by atoms with van der Waals surface area (Å²) in [7, 11) is 0. The Morgan fingerprint density at radius 3 is 1.89 bits per heavy atom. The second-order valence-electron chi connectivity index (χ2n) is 7.90. The third-order valence-corrected chi connectivity index (χ3v) is 5.23. The van der Waals surface area contributed by atoms with E-state index in [1.54, 1.807) is 0 Å². The number of anilines is 1. The maximum atomic E-state index is 12.1. The highest BCUT2D eigenvalue weighted by atomic mass is 16.1. The van der Waals surface area contributed by atoms with Gasteiger partial charge < -0.3 is 5.32 Å². The molecule has 0 atom stereocenters. The molecule has 1 heterocycles. The lowest BCUT2D eigenvalue weighted by Gasteiger charge is -2.13. The summed E-state index contributed by atoms with van der Waals surface area (Å²) in [5.74, 6) is 0.667. The van der Waals surface area contributed by atoms with Gasteiger partial charge in [-0.15, -0.1) is 10.2 Å². The lowest BCUT2D eigenvalue weighted by Crippen LogP contribution is -2.16. The Morgan fingerprint density at radius 2 is 1.29 bits per heavy atom. The van der Waals surface area contributed by atoms with Crippen molar-refractivity contribution >= 4 is 11.7 Å². The number of nitrogens with one attached hydrogen (secondary N) is 1. The summed E-state index contributed by atoms with van der Waals surface area (Å²) >= 11 is 0. The average Bonchev–Trinajstić information content (AvgIpc) is 2.69. The molecule has 0 saturated heterocycles. The van der Waals surface area contributed by atoms with Crippen LogP contribution in [0.25, 0.3) is 0 Å². The van der Waals surface area contributed by atoms with Crippen LogP contribution in [0.4, 0.5) is 5.82 Å². The normalized spacial score (nSPS) is 11.0. The number of amides is 1. The zero-order valence-corrected chi connectivity index (χ0v) is 18.6. The van der Waals surface area contributed by atoms with Crippen LogP contribution in [0.2, 0.25) is 0 Å². The average molecular weight is 391 g/mol. The van der Waals surface area contributed by atoms with E-state index in [1.165, 1.54) is 64.2 Å². The number of hydrogen-bond acceptors (Lipinski definition) is 4. The number of rotatable bonds is 17. The third kappa shape index (κ3) is 10.7. The predicted molar refractivity (Wildman–Crippen MR) is 118 cm³/mol. The van der Waals surface area contributed by atoms with Crippen molar-refractivity contribution < 1.29 is 4.79 Å². The van der Waals surface area contributed by atoms with Gasteiger partial charge in [0.1, 0.15) is 0 Å². The molecule has 0 aliphatic carbocycles. The van der Waals surface area contributed by atoms with E-state index in [1.807, 2.05) is 6.92 Å². The van der Waals surface area contributed by atoms with Gasteiger partial charge in [0, 0.05) is 12.0 Å². The van der Waals surface area contributed by atoms with Gasteiger partial charge in [-0.05, 0) is 37.3 Å². The number of carbonyl (C=O) groups is 1. The molecule has 0 unspecified atom stereocenters. The van der Waals surface area contributed by atoms with Crippen LogP contribution < -0.4 is 5.32 Å². The van der Waals surface area contributed by atoms with Crippen LogP contribution in [-0.2, 0) is 17.6 Å². The SMILES string of the molecule is CCCCCCCCc1nnnc(NC(=O)CCC)c1CCCCCCCC. The number of hydrogen-bond donors (Lipinski definition) is 1. The van der Waals surface area contributed by atoms with Gasteiger partial charge in [-0.25, -0.2) is 0 Å². The molecule has 0 saturated carbocycles. The van der Waals surface area contributed by atoms with E-state index < -0.39 is 0 Å². The van der Waals surface area contributed by atoms with E-state index in [-0.39, 0.29) is 5.91 Å². The third-order valence-electron chi connectivity index (χ3n) is 5.23. The molecule has 0 fully saturated rings. The van der Waals surface area contributed by atoms with Crippen LogP contribution in [0.15, 0.2) is 0 Å². The Labute approximate surface area is 172 Å². The summed E-state index contributed by atoms with van der Waals surface area (Å²) in [6.45, 7) is 6.50. The number of nitrogens with zero attached hydrogens (tertiary/aromatic N) is 3. The first-order valence-corrected chi connectivity index (χ1v) is 11.7. The van der Waals surface area contributed by atoms with E-state index in [2.05, 4.69) is 34.6 Å². The lowest BCUT2D eigenvalue weighted by atomic mass is 10.0. The first kappa shape index (κ1) is 24.5. The van der Waals surface area contributed by atoms with Crippen molar-refractivity contribution in [3.63, 3.8) is 0 Å². The summed E-state index contributed by atoms with van der Waals surface area (Å²) in [5.41, 5.74) is 2.15. The molecule has 1 amide bonds. The number of unbranched alkanes of at least 4 members (excludes halogenated alkanes) is 10. The van der Waals surface area contributed by atoms with E-state index in [4.69, 9.17) is 0 Å². The molecule has 0 bridgehead atoms. The fraction of sp³-hybridized carbons (Fsp3) is 0.826. The largest absolute Gasteiger partial charge is 0.309 e. The standard InChI is InChI=1S/C23H42N4O/c1-4-7-9-11-13-15-18-20-21(19-16-14-12-10-8-5-2)25-27-26-23(20)24-22(28)17-6-3/h4-19H2,1-3H3,(H,24,25,26,28). The predicted octanol–water partition coefficient (Wildman–Crippen LogP) is 6.42. The van der Waals surface area contributed by atoms with Gasteiger partial charge in [-0.3, -0.25) is 4.79 Å². The first-order chi connectivity index (χ1) is 13.7. The highest BCUT2D eigenvalue weighted by Crippen LogP contribution is 2.21. The van der Waals surface area contributed by atoms with Gasteiger partial charge in [-0.2, -0.15) is 0 Å². The quantitative estimate of drug-likeness (QED) is 0.312. The maximum Gasteiger partial charge on any atom is 0.225 e. The van der Waals surface area contributed by atoms with Crippen molar-refractivity contribution in [1.82, 2.24) is 15.4 Å². The molecule has 28 heavy (non-hydrogen) atoms. The Morgan fingerprint density at radius 1 is 0.714 bits per heavy atom.